The number of hydrogen-bond acceptors (Lipinski definition) is 4. The van der Waals surface area contributed by atoms with Gasteiger partial charge in [0, 0.05) is 39.3 Å². The van der Waals surface area contributed by atoms with Crippen molar-refractivity contribution in [2.24, 2.45) is 10.9 Å². The summed E-state index contributed by atoms with van der Waals surface area (Å²) in [7, 11) is 1.79. The lowest BCUT2D eigenvalue weighted by Crippen LogP contribution is -2.37. The van der Waals surface area contributed by atoms with Crippen molar-refractivity contribution in [2.75, 3.05) is 40.0 Å². The number of aliphatic imine (C=N–C) groups is 1. The van der Waals surface area contributed by atoms with Gasteiger partial charge in [0.1, 0.15) is 12.4 Å². The fraction of sp³-hybridized carbons (Fsp3) is 0.458. The maximum absolute atomic E-state index is 5.79. The zero-order valence-corrected chi connectivity index (χ0v) is 20.5. The predicted molar refractivity (Wildman–Crippen MR) is 135 cm³/mol. The second kappa shape index (κ2) is 15.0. The van der Waals surface area contributed by atoms with E-state index < -0.39 is 0 Å². The Hall–Kier alpha value is -1.84. The molecule has 1 atom stereocenters. The Balaban J connectivity index is 0.00000341. The van der Waals surface area contributed by atoms with Crippen LogP contribution in [0.15, 0.2) is 59.6 Å². The Bertz CT molecular complexity index is 750. The van der Waals surface area contributed by atoms with Gasteiger partial charge in [-0.1, -0.05) is 42.5 Å². The number of nitrogens with zero attached hydrogens (tertiary/aromatic N) is 1. The fourth-order valence-electron chi connectivity index (χ4n) is 3.19. The third kappa shape index (κ3) is 9.88. The van der Waals surface area contributed by atoms with Crippen LogP contribution >= 0.6 is 24.0 Å². The van der Waals surface area contributed by atoms with Crippen molar-refractivity contribution >= 4 is 29.9 Å². The standard InChI is InChI=1S/C24H33N3O3.HI/c1-25-24(26-13-5-14-28-17-22-12-15-29-18-22)27-16-20-8-10-21(11-9-20)19-30-23-6-3-2-4-7-23;/h2-4,6-11,22H,5,12-19H2,1H3,(H2,25,26,27);1H. The molecule has 1 aliphatic heterocycles. The molecule has 1 saturated heterocycles. The average Bonchev–Trinajstić information content (AvgIpc) is 3.32. The molecule has 2 N–H and O–H groups in total. The van der Waals surface area contributed by atoms with Gasteiger partial charge in [0.05, 0.1) is 13.2 Å². The van der Waals surface area contributed by atoms with Crippen molar-refractivity contribution in [2.45, 2.75) is 26.0 Å². The highest BCUT2D eigenvalue weighted by Crippen LogP contribution is 2.13. The van der Waals surface area contributed by atoms with E-state index in [4.69, 9.17) is 14.2 Å². The molecule has 2 aromatic carbocycles. The van der Waals surface area contributed by atoms with E-state index in [9.17, 15) is 0 Å². The molecule has 1 aliphatic rings. The summed E-state index contributed by atoms with van der Waals surface area (Å²) in [6, 6.07) is 18.3. The summed E-state index contributed by atoms with van der Waals surface area (Å²) in [6.45, 7) is 5.40. The van der Waals surface area contributed by atoms with Crippen LogP contribution in [0, 0.1) is 5.92 Å². The molecule has 0 amide bonds. The first-order valence-corrected chi connectivity index (χ1v) is 10.7. The largest absolute Gasteiger partial charge is 0.489 e. The van der Waals surface area contributed by atoms with E-state index in [0.717, 1.165) is 69.6 Å². The van der Waals surface area contributed by atoms with Crippen LogP contribution in [0.4, 0.5) is 0 Å². The molecular weight excluding hydrogens is 505 g/mol. The fourth-order valence-corrected chi connectivity index (χ4v) is 3.19. The lowest BCUT2D eigenvalue weighted by atomic mass is 10.1. The molecule has 0 spiro atoms. The molecule has 1 fully saturated rings. The number of benzene rings is 2. The maximum Gasteiger partial charge on any atom is 0.191 e. The summed E-state index contributed by atoms with van der Waals surface area (Å²) < 4.78 is 16.9. The van der Waals surface area contributed by atoms with Crippen molar-refractivity contribution in [1.82, 2.24) is 10.6 Å². The molecule has 31 heavy (non-hydrogen) atoms. The van der Waals surface area contributed by atoms with Crippen LogP contribution in [-0.2, 0) is 22.6 Å². The van der Waals surface area contributed by atoms with Crippen molar-refractivity contribution < 1.29 is 14.2 Å². The van der Waals surface area contributed by atoms with E-state index in [2.05, 4.69) is 39.9 Å². The zero-order valence-electron chi connectivity index (χ0n) is 18.2. The van der Waals surface area contributed by atoms with Gasteiger partial charge in [0.25, 0.3) is 0 Å². The van der Waals surface area contributed by atoms with Gasteiger partial charge < -0.3 is 24.8 Å². The second-order valence-corrected chi connectivity index (χ2v) is 7.43. The third-order valence-electron chi connectivity index (χ3n) is 4.99. The van der Waals surface area contributed by atoms with Crippen LogP contribution in [-0.4, -0.2) is 46.0 Å². The van der Waals surface area contributed by atoms with Gasteiger partial charge in [-0.05, 0) is 36.1 Å². The predicted octanol–water partition coefficient (Wildman–Crippen LogP) is 3.99. The molecule has 170 valence electrons. The number of halogens is 1. The zero-order chi connectivity index (χ0) is 20.9. The molecule has 1 heterocycles. The Kier molecular flexibility index (Phi) is 12.3. The lowest BCUT2D eigenvalue weighted by molar-refractivity contribution is 0.0888. The topological polar surface area (TPSA) is 64.1 Å². The molecular formula is C24H34IN3O3. The van der Waals surface area contributed by atoms with E-state index in [1.807, 2.05) is 30.3 Å². The highest BCUT2D eigenvalue weighted by atomic mass is 127. The first-order chi connectivity index (χ1) is 14.8. The summed E-state index contributed by atoms with van der Waals surface area (Å²) in [5.41, 5.74) is 2.35. The molecule has 2 aromatic rings. The number of nitrogens with one attached hydrogen (secondary N) is 2. The molecule has 0 aromatic heterocycles. The molecule has 0 aliphatic carbocycles. The summed E-state index contributed by atoms with van der Waals surface area (Å²) in [5.74, 6) is 2.26. The van der Waals surface area contributed by atoms with Crippen molar-refractivity contribution in [1.29, 1.82) is 0 Å². The van der Waals surface area contributed by atoms with Gasteiger partial charge in [-0.15, -0.1) is 24.0 Å². The summed E-state index contributed by atoms with van der Waals surface area (Å²) in [6.07, 6.45) is 2.07. The molecule has 3 rings (SSSR count). The Morgan fingerprint density at radius 2 is 1.84 bits per heavy atom. The van der Waals surface area contributed by atoms with E-state index in [-0.39, 0.29) is 24.0 Å². The minimum atomic E-state index is 0. The maximum atomic E-state index is 5.79. The molecule has 7 heteroatoms. The van der Waals surface area contributed by atoms with Crippen molar-refractivity contribution in [3.05, 3.63) is 65.7 Å². The van der Waals surface area contributed by atoms with Gasteiger partial charge in [-0.3, -0.25) is 4.99 Å². The van der Waals surface area contributed by atoms with E-state index in [0.29, 0.717) is 12.5 Å². The monoisotopic (exact) mass is 539 g/mol. The van der Waals surface area contributed by atoms with Crippen LogP contribution in [0.25, 0.3) is 0 Å². The molecule has 0 bridgehead atoms. The third-order valence-corrected chi connectivity index (χ3v) is 4.99. The average molecular weight is 539 g/mol. The molecule has 0 saturated carbocycles. The Morgan fingerprint density at radius 3 is 2.55 bits per heavy atom. The first kappa shape index (κ1) is 25.4. The number of rotatable bonds is 11. The van der Waals surface area contributed by atoms with Crippen LogP contribution < -0.4 is 15.4 Å². The highest BCUT2D eigenvalue weighted by Gasteiger charge is 2.15. The minimum Gasteiger partial charge on any atom is -0.489 e. The van der Waals surface area contributed by atoms with Gasteiger partial charge >= 0.3 is 0 Å². The summed E-state index contributed by atoms with van der Waals surface area (Å²) in [5, 5.41) is 6.68. The van der Waals surface area contributed by atoms with Gasteiger partial charge in [-0.2, -0.15) is 0 Å². The lowest BCUT2D eigenvalue weighted by Gasteiger charge is -2.13. The Labute approximate surface area is 202 Å². The first-order valence-electron chi connectivity index (χ1n) is 10.7. The van der Waals surface area contributed by atoms with E-state index in [1.165, 1.54) is 5.56 Å². The van der Waals surface area contributed by atoms with Crippen LogP contribution in [0.3, 0.4) is 0 Å². The van der Waals surface area contributed by atoms with Crippen LogP contribution in [0.1, 0.15) is 24.0 Å². The van der Waals surface area contributed by atoms with Crippen molar-refractivity contribution in [3.63, 3.8) is 0 Å². The quantitative estimate of drug-likeness (QED) is 0.196. The second-order valence-electron chi connectivity index (χ2n) is 7.43. The molecule has 1 unspecified atom stereocenters. The summed E-state index contributed by atoms with van der Waals surface area (Å²) in [4.78, 5) is 4.28. The molecule has 6 nitrogen and oxygen atoms in total. The normalized spacial score (nSPS) is 15.9. The Morgan fingerprint density at radius 1 is 1.06 bits per heavy atom. The number of hydrogen-bond donors (Lipinski definition) is 2. The molecule has 0 radical (unpaired) electrons. The van der Waals surface area contributed by atoms with E-state index in [1.54, 1.807) is 7.05 Å². The number of ether oxygens (including phenoxy) is 3. The van der Waals surface area contributed by atoms with Gasteiger partial charge in [-0.25, -0.2) is 0 Å². The number of para-hydroxylation sites is 1. The highest BCUT2D eigenvalue weighted by molar-refractivity contribution is 14.0. The van der Waals surface area contributed by atoms with Crippen LogP contribution in [0.2, 0.25) is 0 Å². The summed E-state index contributed by atoms with van der Waals surface area (Å²) >= 11 is 0. The SMILES string of the molecule is CN=C(NCCCOCC1CCOC1)NCc1ccc(COc2ccccc2)cc1.I. The number of guanidine groups is 1. The van der Waals surface area contributed by atoms with Gasteiger partial charge in [0.2, 0.25) is 0 Å². The smallest absolute Gasteiger partial charge is 0.191 e. The van der Waals surface area contributed by atoms with Gasteiger partial charge in [0.15, 0.2) is 5.96 Å². The van der Waals surface area contributed by atoms with E-state index >= 15 is 0 Å². The van der Waals surface area contributed by atoms with Crippen molar-refractivity contribution in [3.8, 4) is 5.75 Å². The minimum absolute atomic E-state index is 0. The van der Waals surface area contributed by atoms with Crippen LogP contribution in [0.5, 0.6) is 5.75 Å².